The molecule has 1 N–H and O–H groups in total. The molecule has 1 heterocycles. The summed E-state index contributed by atoms with van der Waals surface area (Å²) in [6, 6.07) is 8.36. The average Bonchev–Trinajstić information content (AvgIpc) is 2.32. The minimum Gasteiger partial charge on any atom is -0.396 e. The molecule has 0 unspecified atom stereocenters. The van der Waals surface area contributed by atoms with E-state index in [4.69, 9.17) is 0 Å². The van der Waals surface area contributed by atoms with Crippen molar-refractivity contribution in [3.05, 3.63) is 34.3 Å². The maximum absolute atomic E-state index is 9.19. The number of benzene rings is 1. The van der Waals surface area contributed by atoms with Crippen LogP contribution >= 0.6 is 15.9 Å². The van der Waals surface area contributed by atoms with Gasteiger partial charge in [-0.05, 0) is 36.9 Å². The highest BCUT2D eigenvalue weighted by Crippen LogP contribution is 2.22. The minimum absolute atomic E-state index is 0.326. The lowest BCUT2D eigenvalue weighted by atomic mass is 9.98. The molecule has 1 aliphatic heterocycles. The number of rotatable bonds is 3. The predicted octanol–water partition coefficient (Wildman–Crippen LogP) is 2.65. The van der Waals surface area contributed by atoms with E-state index in [0.29, 0.717) is 12.5 Å². The van der Waals surface area contributed by atoms with Crippen LogP contribution in [-0.2, 0) is 6.54 Å². The summed E-state index contributed by atoms with van der Waals surface area (Å²) in [6.07, 6.45) is 2.37. The topological polar surface area (TPSA) is 23.5 Å². The zero-order chi connectivity index (χ0) is 11.4. The van der Waals surface area contributed by atoms with Crippen molar-refractivity contribution in [3.8, 4) is 0 Å². The molecule has 0 spiro atoms. The van der Waals surface area contributed by atoms with Crippen molar-refractivity contribution in [1.82, 2.24) is 4.90 Å². The van der Waals surface area contributed by atoms with Crippen molar-refractivity contribution in [2.75, 3.05) is 19.7 Å². The van der Waals surface area contributed by atoms with E-state index in [2.05, 4.69) is 39.0 Å². The summed E-state index contributed by atoms with van der Waals surface area (Å²) >= 11 is 3.58. The van der Waals surface area contributed by atoms with Gasteiger partial charge >= 0.3 is 0 Å². The highest BCUT2D eigenvalue weighted by molar-refractivity contribution is 9.10. The van der Waals surface area contributed by atoms with Gasteiger partial charge in [-0.15, -0.1) is 0 Å². The van der Waals surface area contributed by atoms with Crippen molar-refractivity contribution < 1.29 is 5.11 Å². The molecule has 1 aromatic carbocycles. The number of aliphatic hydroxyl groups is 1. The molecular weight excluding hydrogens is 266 g/mol. The lowest BCUT2D eigenvalue weighted by Crippen LogP contribution is -2.36. The Labute approximate surface area is 105 Å². The van der Waals surface area contributed by atoms with Crippen LogP contribution in [-0.4, -0.2) is 29.7 Å². The molecule has 1 aliphatic rings. The quantitative estimate of drug-likeness (QED) is 0.922. The normalized spacial score (nSPS) is 22.2. The number of piperidine rings is 1. The fraction of sp³-hybridized carbons (Fsp3) is 0.538. The van der Waals surface area contributed by atoms with Crippen molar-refractivity contribution in [2.45, 2.75) is 19.4 Å². The molecule has 88 valence electrons. The average molecular weight is 284 g/mol. The van der Waals surface area contributed by atoms with E-state index in [1.54, 1.807) is 0 Å². The number of aliphatic hydroxyl groups excluding tert-OH is 1. The second-order valence-corrected chi connectivity index (χ2v) is 5.37. The van der Waals surface area contributed by atoms with E-state index < -0.39 is 0 Å². The van der Waals surface area contributed by atoms with Gasteiger partial charge in [-0.3, -0.25) is 4.90 Å². The maximum atomic E-state index is 9.19. The van der Waals surface area contributed by atoms with Crippen LogP contribution in [0.2, 0.25) is 0 Å². The molecular formula is C13H18BrNO. The number of nitrogens with zero attached hydrogens (tertiary/aromatic N) is 1. The molecule has 1 aromatic rings. The molecule has 0 aromatic heterocycles. The zero-order valence-electron chi connectivity index (χ0n) is 9.40. The third-order valence-corrected chi connectivity index (χ3v) is 3.99. The molecule has 1 saturated heterocycles. The van der Waals surface area contributed by atoms with Crippen LogP contribution in [0.5, 0.6) is 0 Å². The van der Waals surface area contributed by atoms with E-state index in [1.165, 1.54) is 22.9 Å². The van der Waals surface area contributed by atoms with Gasteiger partial charge in [0.25, 0.3) is 0 Å². The van der Waals surface area contributed by atoms with Gasteiger partial charge in [-0.25, -0.2) is 0 Å². The molecule has 0 aliphatic carbocycles. The fourth-order valence-corrected chi connectivity index (χ4v) is 2.72. The highest BCUT2D eigenvalue weighted by atomic mass is 79.9. The van der Waals surface area contributed by atoms with E-state index in [9.17, 15) is 5.11 Å². The zero-order valence-corrected chi connectivity index (χ0v) is 11.0. The molecule has 0 radical (unpaired) electrons. The summed E-state index contributed by atoms with van der Waals surface area (Å²) in [5.41, 5.74) is 1.33. The van der Waals surface area contributed by atoms with Crippen LogP contribution in [0.1, 0.15) is 18.4 Å². The number of halogens is 1. The van der Waals surface area contributed by atoms with Gasteiger partial charge in [0.1, 0.15) is 0 Å². The molecule has 3 heteroatoms. The van der Waals surface area contributed by atoms with E-state index in [1.807, 2.05) is 6.07 Å². The van der Waals surface area contributed by atoms with Gasteiger partial charge in [0.05, 0.1) is 0 Å². The number of hydrogen-bond acceptors (Lipinski definition) is 2. The standard InChI is InChI=1S/C13H18BrNO/c14-13-6-2-1-5-12(13)9-15-7-3-4-11(8-15)10-16/h1-2,5-6,11,16H,3-4,7-10H2/t11-/m0/s1. The summed E-state index contributed by atoms with van der Waals surface area (Å²) in [7, 11) is 0. The third-order valence-electron chi connectivity index (χ3n) is 3.21. The van der Waals surface area contributed by atoms with Gasteiger partial charge in [0, 0.05) is 24.2 Å². The fourth-order valence-electron chi connectivity index (χ4n) is 2.31. The first-order chi connectivity index (χ1) is 7.79. The lowest BCUT2D eigenvalue weighted by molar-refractivity contribution is 0.116. The predicted molar refractivity (Wildman–Crippen MR) is 69.2 cm³/mol. The molecule has 16 heavy (non-hydrogen) atoms. The molecule has 0 bridgehead atoms. The second-order valence-electron chi connectivity index (χ2n) is 4.52. The summed E-state index contributed by atoms with van der Waals surface area (Å²) in [5.74, 6) is 0.469. The van der Waals surface area contributed by atoms with Gasteiger partial charge in [-0.1, -0.05) is 34.1 Å². The monoisotopic (exact) mass is 283 g/mol. The van der Waals surface area contributed by atoms with Crippen LogP contribution in [0, 0.1) is 5.92 Å². The Kier molecular flexibility index (Phi) is 4.38. The Balaban J connectivity index is 1.97. The van der Waals surface area contributed by atoms with Crippen molar-refractivity contribution in [2.24, 2.45) is 5.92 Å². The Morgan fingerprint density at radius 1 is 1.38 bits per heavy atom. The first-order valence-electron chi connectivity index (χ1n) is 5.86. The maximum Gasteiger partial charge on any atom is 0.0471 e. The van der Waals surface area contributed by atoms with E-state index in [0.717, 1.165) is 19.6 Å². The van der Waals surface area contributed by atoms with Crippen LogP contribution in [0.25, 0.3) is 0 Å². The minimum atomic E-state index is 0.326. The van der Waals surface area contributed by atoms with E-state index in [-0.39, 0.29) is 0 Å². The van der Waals surface area contributed by atoms with Gasteiger partial charge in [0.15, 0.2) is 0 Å². The van der Waals surface area contributed by atoms with Gasteiger partial charge in [-0.2, -0.15) is 0 Å². The molecule has 0 saturated carbocycles. The van der Waals surface area contributed by atoms with Crippen molar-refractivity contribution in [3.63, 3.8) is 0 Å². The SMILES string of the molecule is OC[C@H]1CCCN(Cc2ccccc2Br)C1. The first-order valence-corrected chi connectivity index (χ1v) is 6.65. The Bertz CT molecular complexity index is 342. The molecule has 2 nitrogen and oxygen atoms in total. The number of hydrogen-bond donors (Lipinski definition) is 1. The molecule has 1 fully saturated rings. The van der Waals surface area contributed by atoms with Crippen LogP contribution in [0.3, 0.4) is 0 Å². The Morgan fingerprint density at radius 3 is 2.94 bits per heavy atom. The third kappa shape index (κ3) is 3.06. The first kappa shape index (κ1) is 12.1. The lowest BCUT2D eigenvalue weighted by Gasteiger charge is -2.31. The van der Waals surface area contributed by atoms with Crippen molar-refractivity contribution >= 4 is 15.9 Å². The summed E-state index contributed by atoms with van der Waals surface area (Å²) in [6.45, 7) is 3.49. The van der Waals surface area contributed by atoms with Crippen LogP contribution in [0.15, 0.2) is 28.7 Å². The van der Waals surface area contributed by atoms with Gasteiger partial charge < -0.3 is 5.11 Å². The van der Waals surface area contributed by atoms with Crippen LogP contribution in [0.4, 0.5) is 0 Å². The summed E-state index contributed by atoms with van der Waals surface area (Å²) < 4.78 is 1.18. The van der Waals surface area contributed by atoms with Gasteiger partial charge in [0.2, 0.25) is 0 Å². The summed E-state index contributed by atoms with van der Waals surface area (Å²) in [4.78, 5) is 2.44. The second kappa shape index (κ2) is 5.80. The van der Waals surface area contributed by atoms with Crippen molar-refractivity contribution in [1.29, 1.82) is 0 Å². The van der Waals surface area contributed by atoms with Crippen LogP contribution < -0.4 is 0 Å². The summed E-state index contributed by atoms with van der Waals surface area (Å²) in [5, 5.41) is 9.19. The Morgan fingerprint density at radius 2 is 2.19 bits per heavy atom. The number of likely N-dealkylation sites (tertiary alicyclic amines) is 1. The largest absolute Gasteiger partial charge is 0.396 e. The smallest absolute Gasteiger partial charge is 0.0471 e. The Hall–Kier alpha value is -0.380. The molecule has 1 atom stereocenters. The van der Waals surface area contributed by atoms with E-state index >= 15 is 0 Å². The molecule has 2 rings (SSSR count). The molecule has 0 amide bonds. The highest BCUT2D eigenvalue weighted by Gasteiger charge is 2.19.